The van der Waals surface area contributed by atoms with Gasteiger partial charge >= 0.3 is 5.97 Å². The Kier molecular flexibility index (Phi) is 10.5. The van der Waals surface area contributed by atoms with Gasteiger partial charge in [0.15, 0.2) is 5.82 Å². The molecule has 0 aromatic carbocycles. The molecule has 2 aliphatic rings. The van der Waals surface area contributed by atoms with Gasteiger partial charge in [-0.2, -0.15) is 5.21 Å². The largest absolute Gasteiger partial charge is 0.481 e. The number of aromatic amines is 1. The number of carbonyl (C=O) groups excluding carboxylic acids is 4. The van der Waals surface area contributed by atoms with Gasteiger partial charge in [-0.15, -0.1) is 10.2 Å². The summed E-state index contributed by atoms with van der Waals surface area (Å²) in [5.41, 5.74) is 0. The lowest BCUT2D eigenvalue weighted by molar-refractivity contribution is -0.140. The number of H-pyrrole nitrogens is 1. The summed E-state index contributed by atoms with van der Waals surface area (Å²) < 4.78 is 0. The number of rotatable bonds is 12. The fraction of sp³-hybridized carbons (Fsp3) is 0.750. The molecule has 1 aliphatic carbocycles. The number of carboxylic acid groups (broad SMARTS) is 1. The first-order valence-corrected chi connectivity index (χ1v) is 13.2. The molecule has 2 heterocycles. The zero-order valence-electron chi connectivity index (χ0n) is 21.9. The molecule has 2 fully saturated rings. The fourth-order valence-electron chi connectivity index (χ4n) is 5.26. The molecule has 210 valence electrons. The molecule has 5 N–H and O–H groups in total. The van der Waals surface area contributed by atoms with Gasteiger partial charge in [0.2, 0.25) is 23.6 Å². The minimum Gasteiger partial charge on any atom is -0.481 e. The number of hydrogen-bond acceptors (Lipinski definition) is 8. The van der Waals surface area contributed by atoms with Gasteiger partial charge in [-0.25, -0.2) is 0 Å². The molecule has 1 saturated heterocycles. The Balaban J connectivity index is 1.61. The maximum atomic E-state index is 13.3. The predicted octanol–water partition coefficient (Wildman–Crippen LogP) is -0.265. The average Bonchev–Trinajstić information content (AvgIpc) is 3.58. The second kappa shape index (κ2) is 13.8. The Morgan fingerprint density at radius 3 is 2.42 bits per heavy atom. The number of aromatic nitrogens is 4. The highest BCUT2D eigenvalue weighted by atomic mass is 16.4. The first-order valence-electron chi connectivity index (χ1n) is 13.2. The van der Waals surface area contributed by atoms with Crippen LogP contribution in [0.2, 0.25) is 0 Å². The SMILES string of the molecule is CC(C)[C@H](NC(=O)CCC(=O)O)C(=O)NCC(=O)N1C[C@H](C2CCCCC2)C[C@H]1C(=O)NCc1nn[nH]n1. The van der Waals surface area contributed by atoms with Crippen molar-refractivity contribution in [2.45, 2.75) is 83.8 Å². The van der Waals surface area contributed by atoms with Crippen LogP contribution in [0.15, 0.2) is 0 Å². The molecule has 14 nitrogen and oxygen atoms in total. The number of nitrogens with zero attached hydrogens (tertiary/aromatic N) is 4. The summed E-state index contributed by atoms with van der Waals surface area (Å²) >= 11 is 0. The van der Waals surface area contributed by atoms with Gasteiger partial charge in [-0.3, -0.25) is 24.0 Å². The molecule has 0 unspecified atom stereocenters. The Labute approximate surface area is 221 Å². The van der Waals surface area contributed by atoms with E-state index in [4.69, 9.17) is 5.11 Å². The molecule has 1 aromatic heterocycles. The highest BCUT2D eigenvalue weighted by molar-refractivity contribution is 5.93. The molecule has 3 atom stereocenters. The third kappa shape index (κ3) is 8.21. The van der Waals surface area contributed by atoms with Crippen LogP contribution in [0.4, 0.5) is 0 Å². The van der Waals surface area contributed by atoms with Gasteiger partial charge in [-0.1, -0.05) is 51.2 Å². The normalized spacial score (nSPS) is 20.7. The standard InChI is InChI=1S/C24H38N8O6/c1-14(2)22(27-19(33)8-9-21(35)36)24(38)26-12-20(34)32-13-16(15-6-4-3-5-7-15)10-17(32)23(37)25-11-18-28-30-31-29-18/h14-17,22H,3-13H2,1-2H3,(H,25,37)(H,26,38)(H,27,33)(H,35,36)(H,28,29,30,31)/t16-,17+,22+/m1/s1. The zero-order valence-corrected chi connectivity index (χ0v) is 21.9. The molecule has 0 bridgehead atoms. The third-order valence-corrected chi connectivity index (χ3v) is 7.33. The van der Waals surface area contributed by atoms with Crippen molar-refractivity contribution < 1.29 is 29.1 Å². The van der Waals surface area contributed by atoms with Crippen LogP contribution in [-0.2, 0) is 30.5 Å². The van der Waals surface area contributed by atoms with E-state index < -0.39 is 29.9 Å². The second-order valence-electron chi connectivity index (χ2n) is 10.4. The molecule has 4 amide bonds. The van der Waals surface area contributed by atoms with E-state index in [1.54, 1.807) is 18.7 Å². The number of aliphatic carboxylic acids is 1. The number of likely N-dealkylation sites (tertiary alicyclic amines) is 1. The van der Waals surface area contributed by atoms with Crippen molar-refractivity contribution in [1.29, 1.82) is 0 Å². The highest BCUT2D eigenvalue weighted by Crippen LogP contribution is 2.37. The number of tetrazole rings is 1. The van der Waals surface area contributed by atoms with Crippen LogP contribution in [0.3, 0.4) is 0 Å². The van der Waals surface area contributed by atoms with Gasteiger partial charge in [0.1, 0.15) is 12.1 Å². The summed E-state index contributed by atoms with van der Waals surface area (Å²) in [5, 5.41) is 30.1. The van der Waals surface area contributed by atoms with Crippen LogP contribution in [0.25, 0.3) is 0 Å². The monoisotopic (exact) mass is 534 g/mol. The molecule has 1 aromatic rings. The Hall–Kier alpha value is -3.58. The molecule has 0 radical (unpaired) electrons. The minimum atomic E-state index is -1.11. The summed E-state index contributed by atoms with van der Waals surface area (Å²) in [6.45, 7) is 3.68. The molecule has 1 saturated carbocycles. The van der Waals surface area contributed by atoms with Crippen molar-refractivity contribution in [2.75, 3.05) is 13.1 Å². The minimum absolute atomic E-state index is 0.0797. The van der Waals surface area contributed by atoms with Crippen molar-refractivity contribution in [1.82, 2.24) is 41.5 Å². The van der Waals surface area contributed by atoms with Crippen LogP contribution in [0, 0.1) is 17.8 Å². The van der Waals surface area contributed by atoms with Crippen LogP contribution in [0.5, 0.6) is 0 Å². The molecule has 1 aliphatic heterocycles. The van der Waals surface area contributed by atoms with E-state index in [1.807, 2.05) is 0 Å². The molecule has 3 rings (SSSR count). The Bertz CT molecular complexity index is 979. The van der Waals surface area contributed by atoms with Crippen LogP contribution >= 0.6 is 0 Å². The van der Waals surface area contributed by atoms with Crippen molar-refractivity contribution in [3.05, 3.63) is 5.82 Å². The van der Waals surface area contributed by atoms with E-state index in [2.05, 4.69) is 36.6 Å². The summed E-state index contributed by atoms with van der Waals surface area (Å²) in [6.07, 6.45) is 5.62. The van der Waals surface area contributed by atoms with E-state index in [-0.39, 0.29) is 49.6 Å². The van der Waals surface area contributed by atoms with Gasteiger partial charge < -0.3 is 26.0 Å². The number of carbonyl (C=O) groups is 5. The number of hydrogen-bond donors (Lipinski definition) is 5. The first-order chi connectivity index (χ1) is 18.2. The van der Waals surface area contributed by atoms with Gasteiger partial charge in [0.05, 0.1) is 19.5 Å². The van der Waals surface area contributed by atoms with Crippen molar-refractivity contribution in [3.63, 3.8) is 0 Å². The Morgan fingerprint density at radius 1 is 1.05 bits per heavy atom. The van der Waals surface area contributed by atoms with E-state index in [0.717, 1.165) is 25.7 Å². The number of amides is 4. The quantitative estimate of drug-likeness (QED) is 0.239. The predicted molar refractivity (Wildman–Crippen MR) is 133 cm³/mol. The summed E-state index contributed by atoms with van der Waals surface area (Å²) in [6, 6.07) is -1.60. The molecule has 0 spiro atoms. The van der Waals surface area contributed by atoms with Crippen LogP contribution in [0.1, 0.15) is 71.0 Å². The van der Waals surface area contributed by atoms with Crippen molar-refractivity contribution >= 4 is 29.6 Å². The smallest absolute Gasteiger partial charge is 0.303 e. The molecule has 14 heteroatoms. The number of nitrogens with one attached hydrogen (secondary N) is 4. The summed E-state index contributed by atoms with van der Waals surface area (Å²) in [5.74, 6) is -2.19. The van der Waals surface area contributed by atoms with Crippen molar-refractivity contribution in [3.8, 4) is 0 Å². The van der Waals surface area contributed by atoms with Gasteiger partial charge in [0.25, 0.3) is 0 Å². The first kappa shape index (κ1) is 29.0. The fourth-order valence-corrected chi connectivity index (χ4v) is 5.26. The average molecular weight is 535 g/mol. The van der Waals surface area contributed by atoms with E-state index >= 15 is 0 Å². The topological polar surface area (TPSA) is 199 Å². The second-order valence-corrected chi connectivity index (χ2v) is 10.4. The number of carboxylic acids is 1. The van der Waals surface area contributed by atoms with Crippen LogP contribution in [-0.4, -0.2) is 85.4 Å². The van der Waals surface area contributed by atoms with E-state index in [1.165, 1.54) is 6.42 Å². The highest BCUT2D eigenvalue weighted by Gasteiger charge is 2.42. The maximum absolute atomic E-state index is 13.3. The lowest BCUT2D eigenvalue weighted by Crippen LogP contribution is -2.53. The van der Waals surface area contributed by atoms with E-state index in [9.17, 15) is 24.0 Å². The summed E-state index contributed by atoms with van der Waals surface area (Å²) in [7, 11) is 0. The van der Waals surface area contributed by atoms with Gasteiger partial charge in [0, 0.05) is 13.0 Å². The lowest BCUT2D eigenvalue weighted by Gasteiger charge is -2.27. The lowest BCUT2D eigenvalue weighted by atomic mass is 9.79. The zero-order chi connectivity index (χ0) is 27.7. The van der Waals surface area contributed by atoms with Crippen LogP contribution < -0.4 is 16.0 Å². The van der Waals surface area contributed by atoms with E-state index in [0.29, 0.717) is 24.7 Å². The Morgan fingerprint density at radius 2 is 1.79 bits per heavy atom. The third-order valence-electron chi connectivity index (χ3n) is 7.33. The van der Waals surface area contributed by atoms with Crippen molar-refractivity contribution in [2.24, 2.45) is 17.8 Å². The molecular weight excluding hydrogens is 496 g/mol. The maximum Gasteiger partial charge on any atom is 0.303 e. The van der Waals surface area contributed by atoms with Gasteiger partial charge in [-0.05, 0) is 24.2 Å². The summed E-state index contributed by atoms with van der Waals surface area (Å²) in [4.78, 5) is 63.5. The molecule has 38 heavy (non-hydrogen) atoms. The molecular formula is C24H38N8O6.